The number of carbonyl (C=O) groups excluding carboxylic acids is 3. The average molecular weight is 406 g/mol. The van der Waals surface area contributed by atoms with Gasteiger partial charge in [-0.1, -0.05) is 31.4 Å². The number of carbonyl (C=O) groups is 3. The second-order valence-corrected chi connectivity index (χ2v) is 7.98. The summed E-state index contributed by atoms with van der Waals surface area (Å²) in [7, 11) is 0. The fourth-order valence-corrected chi connectivity index (χ4v) is 4.07. The maximum absolute atomic E-state index is 12.7. The monoisotopic (exact) mass is 406 g/mol. The van der Waals surface area contributed by atoms with Crippen LogP contribution >= 0.6 is 0 Å². The van der Waals surface area contributed by atoms with Crippen LogP contribution in [0.1, 0.15) is 49.3 Å². The molecule has 2 aliphatic rings. The number of urea groups is 1. The lowest BCUT2D eigenvalue weighted by Gasteiger charge is -2.23. The van der Waals surface area contributed by atoms with Gasteiger partial charge in [0.2, 0.25) is 5.91 Å². The van der Waals surface area contributed by atoms with Crippen molar-refractivity contribution >= 4 is 29.6 Å². The number of aryl methyl sites for hydroxylation is 1. The lowest BCUT2D eigenvalue weighted by atomic mass is 9.95. The molecular formula is C23H26N4O3. The van der Waals surface area contributed by atoms with Crippen LogP contribution in [0, 0.1) is 6.92 Å². The molecule has 7 heteroatoms. The number of anilines is 1. The van der Waals surface area contributed by atoms with E-state index in [1.807, 2.05) is 43.6 Å². The van der Waals surface area contributed by atoms with Crippen LogP contribution in [0.25, 0.3) is 6.08 Å². The molecule has 0 radical (unpaired) electrons. The summed E-state index contributed by atoms with van der Waals surface area (Å²) in [4.78, 5) is 38.1. The third kappa shape index (κ3) is 4.45. The molecule has 1 saturated carbocycles. The fraction of sp³-hybridized carbons (Fsp3) is 0.348. The highest BCUT2D eigenvalue weighted by atomic mass is 16.2. The number of hydrogen-bond donors (Lipinski definition) is 2. The van der Waals surface area contributed by atoms with Crippen molar-refractivity contribution in [2.24, 2.45) is 0 Å². The Morgan fingerprint density at radius 3 is 2.77 bits per heavy atom. The lowest BCUT2D eigenvalue weighted by molar-refractivity contribution is -0.127. The van der Waals surface area contributed by atoms with Crippen LogP contribution in [-0.4, -0.2) is 33.9 Å². The van der Waals surface area contributed by atoms with Crippen LogP contribution in [0.4, 0.5) is 10.5 Å². The van der Waals surface area contributed by atoms with Gasteiger partial charge in [-0.3, -0.25) is 9.59 Å². The molecule has 2 N–H and O–H groups in total. The van der Waals surface area contributed by atoms with Gasteiger partial charge in [0.25, 0.3) is 5.91 Å². The van der Waals surface area contributed by atoms with Gasteiger partial charge in [-0.25, -0.2) is 9.69 Å². The van der Waals surface area contributed by atoms with E-state index in [0.29, 0.717) is 11.7 Å². The molecular weight excluding hydrogens is 380 g/mol. The van der Waals surface area contributed by atoms with Crippen molar-refractivity contribution < 1.29 is 14.4 Å². The van der Waals surface area contributed by atoms with E-state index in [0.717, 1.165) is 16.0 Å². The van der Waals surface area contributed by atoms with Crippen LogP contribution in [0.2, 0.25) is 0 Å². The normalized spacial score (nSPS) is 18.7. The average Bonchev–Trinajstić information content (AvgIpc) is 3.29. The molecule has 0 spiro atoms. The maximum Gasteiger partial charge on any atom is 0.329 e. The predicted octanol–water partition coefficient (Wildman–Crippen LogP) is 3.83. The largest absolute Gasteiger partial charge is 0.351 e. The predicted molar refractivity (Wildman–Crippen MR) is 115 cm³/mol. The van der Waals surface area contributed by atoms with Crippen molar-refractivity contribution in [1.82, 2.24) is 14.8 Å². The van der Waals surface area contributed by atoms with Gasteiger partial charge in [-0.2, -0.15) is 0 Å². The summed E-state index contributed by atoms with van der Waals surface area (Å²) in [6.07, 6.45) is 11.8. The van der Waals surface area contributed by atoms with Gasteiger partial charge in [-0.05, 0) is 55.2 Å². The van der Waals surface area contributed by atoms with E-state index in [-0.39, 0.29) is 12.2 Å². The third-order valence-electron chi connectivity index (χ3n) is 5.61. The van der Waals surface area contributed by atoms with Crippen molar-refractivity contribution in [2.75, 3.05) is 11.9 Å². The molecule has 4 rings (SSSR count). The molecule has 2 heterocycles. The zero-order chi connectivity index (χ0) is 21.1. The first-order valence-corrected chi connectivity index (χ1v) is 10.4. The topological polar surface area (TPSA) is 83.4 Å². The van der Waals surface area contributed by atoms with Crippen LogP contribution in [-0.2, 0) is 9.59 Å². The van der Waals surface area contributed by atoms with E-state index in [1.165, 1.54) is 32.1 Å². The standard InChI is InChI=1S/C23H26N4O3/c1-16-6-5-7-18(12-16)24-21(28)15-27-22(29)20(25-23(27)30)13-17-10-11-26(14-17)19-8-3-2-4-9-19/h5-7,10-14,19H,2-4,8-9,15H2,1H3,(H,24,28)(H,25,30)/b20-13+. The van der Waals surface area contributed by atoms with Crippen molar-refractivity contribution in [3.63, 3.8) is 0 Å². The Bertz CT molecular complexity index is 1000. The first-order chi connectivity index (χ1) is 14.5. The van der Waals surface area contributed by atoms with Gasteiger partial charge in [0.15, 0.2) is 0 Å². The smallest absolute Gasteiger partial charge is 0.329 e. The Morgan fingerprint density at radius 2 is 2.00 bits per heavy atom. The number of rotatable bonds is 5. The summed E-state index contributed by atoms with van der Waals surface area (Å²) in [5.41, 5.74) is 2.68. The Hall–Kier alpha value is -3.35. The summed E-state index contributed by atoms with van der Waals surface area (Å²) in [5.74, 6) is -0.918. The van der Waals surface area contributed by atoms with E-state index in [2.05, 4.69) is 15.2 Å². The minimum Gasteiger partial charge on any atom is -0.351 e. The molecule has 1 aromatic heterocycles. The first kappa shape index (κ1) is 19.9. The lowest BCUT2D eigenvalue weighted by Crippen LogP contribution is -2.38. The number of amides is 4. The quantitative estimate of drug-likeness (QED) is 0.585. The molecule has 30 heavy (non-hydrogen) atoms. The first-order valence-electron chi connectivity index (χ1n) is 10.4. The molecule has 0 bridgehead atoms. The van der Waals surface area contributed by atoms with Crippen LogP contribution < -0.4 is 10.6 Å². The molecule has 1 aromatic carbocycles. The van der Waals surface area contributed by atoms with Crippen molar-refractivity contribution in [1.29, 1.82) is 0 Å². The highest BCUT2D eigenvalue weighted by molar-refractivity contribution is 6.15. The number of nitrogens with one attached hydrogen (secondary N) is 2. The van der Waals surface area contributed by atoms with Gasteiger partial charge in [0, 0.05) is 24.1 Å². The Balaban J connectivity index is 1.41. The fourth-order valence-electron chi connectivity index (χ4n) is 4.07. The van der Waals surface area contributed by atoms with Crippen LogP contribution in [0.5, 0.6) is 0 Å². The van der Waals surface area contributed by atoms with Gasteiger partial charge in [0.05, 0.1) is 0 Å². The summed E-state index contributed by atoms with van der Waals surface area (Å²) in [6, 6.07) is 9.20. The van der Waals surface area contributed by atoms with E-state index in [9.17, 15) is 14.4 Å². The van der Waals surface area contributed by atoms with Gasteiger partial charge >= 0.3 is 6.03 Å². The molecule has 7 nitrogen and oxygen atoms in total. The summed E-state index contributed by atoms with van der Waals surface area (Å²) >= 11 is 0. The Kier molecular flexibility index (Phi) is 5.70. The molecule has 4 amide bonds. The van der Waals surface area contributed by atoms with E-state index in [4.69, 9.17) is 0 Å². The second kappa shape index (κ2) is 8.57. The van der Waals surface area contributed by atoms with Gasteiger partial charge in [-0.15, -0.1) is 0 Å². The number of benzene rings is 1. The Labute approximate surface area is 175 Å². The summed E-state index contributed by atoms with van der Waals surface area (Å²) in [5, 5.41) is 5.30. The summed E-state index contributed by atoms with van der Waals surface area (Å²) in [6.45, 7) is 1.59. The molecule has 2 fully saturated rings. The third-order valence-corrected chi connectivity index (χ3v) is 5.61. The zero-order valence-electron chi connectivity index (χ0n) is 17.1. The molecule has 0 unspecified atom stereocenters. The van der Waals surface area contributed by atoms with E-state index in [1.54, 1.807) is 12.1 Å². The second-order valence-electron chi connectivity index (χ2n) is 7.98. The molecule has 1 aliphatic carbocycles. The number of aromatic nitrogens is 1. The number of hydrogen-bond acceptors (Lipinski definition) is 3. The molecule has 1 aliphatic heterocycles. The van der Waals surface area contributed by atoms with Crippen LogP contribution in [0.15, 0.2) is 48.4 Å². The van der Waals surface area contributed by atoms with Crippen molar-refractivity contribution in [3.05, 3.63) is 59.5 Å². The maximum atomic E-state index is 12.7. The SMILES string of the molecule is Cc1cccc(NC(=O)CN2C(=O)N/C(=C/c3ccn(C4CCCCC4)c3)C2=O)c1. The van der Waals surface area contributed by atoms with E-state index < -0.39 is 17.8 Å². The van der Waals surface area contributed by atoms with Crippen LogP contribution in [0.3, 0.4) is 0 Å². The van der Waals surface area contributed by atoms with Crippen molar-refractivity contribution in [3.8, 4) is 0 Å². The van der Waals surface area contributed by atoms with Gasteiger partial charge in [0.1, 0.15) is 12.2 Å². The Morgan fingerprint density at radius 1 is 1.20 bits per heavy atom. The van der Waals surface area contributed by atoms with Crippen molar-refractivity contribution in [2.45, 2.75) is 45.1 Å². The molecule has 2 aromatic rings. The van der Waals surface area contributed by atoms with E-state index >= 15 is 0 Å². The molecule has 156 valence electrons. The molecule has 1 saturated heterocycles. The minimum absolute atomic E-state index is 0.185. The number of nitrogens with zero attached hydrogens (tertiary/aromatic N) is 2. The molecule has 0 atom stereocenters. The van der Waals surface area contributed by atoms with Gasteiger partial charge < -0.3 is 15.2 Å². The highest BCUT2D eigenvalue weighted by Crippen LogP contribution is 2.29. The minimum atomic E-state index is -0.586. The zero-order valence-corrected chi connectivity index (χ0v) is 17.1. The summed E-state index contributed by atoms with van der Waals surface area (Å²) < 4.78 is 2.19. The highest BCUT2D eigenvalue weighted by Gasteiger charge is 2.35. The number of imide groups is 1.